The van der Waals surface area contributed by atoms with E-state index in [-0.39, 0.29) is 11.6 Å². The van der Waals surface area contributed by atoms with Gasteiger partial charge in [0.1, 0.15) is 11.4 Å². The van der Waals surface area contributed by atoms with Gasteiger partial charge in [0.15, 0.2) is 5.92 Å². The van der Waals surface area contributed by atoms with Crippen molar-refractivity contribution in [3.8, 4) is 17.7 Å². The standard InChI is InChI=1S/C22H21N3O3/c1-13(2)15-9-14(3)10-16(11-15)28-21-20(17(12-23)22(26)27-4)24-18-7-5-6-8-19(18)25-21/h5-11,13,17H,1-4H3. The van der Waals surface area contributed by atoms with Crippen LogP contribution in [0.2, 0.25) is 0 Å². The minimum absolute atomic E-state index is 0.121. The van der Waals surface area contributed by atoms with Crippen molar-refractivity contribution in [2.24, 2.45) is 0 Å². The molecule has 1 unspecified atom stereocenters. The van der Waals surface area contributed by atoms with Crippen LogP contribution in [0.5, 0.6) is 11.6 Å². The summed E-state index contributed by atoms with van der Waals surface area (Å²) in [6, 6.07) is 15.1. The highest BCUT2D eigenvalue weighted by Crippen LogP contribution is 2.32. The van der Waals surface area contributed by atoms with Crippen LogP contribution < -0.4 is 4.74 Å². The Kier molecular flexibility index (Phi) is 5.55. The topological polar surface area (TPSA) is 85.1 Å². The molecule has 1 atom stereocenters. The van der Waals surface area contributed by atoms with E-state index in [0.717, 1.165) is 11.1 Å². The zero-order chi connectivity index (χ0) is 20.3. The van der Waals surface area contributed by atoms with Gasteiger partial charge in [-0.25, -0.2) is 9.97 Å². The van der Waals surface area contributed by atoms with Crippen molar-refractivity contribution in [1.29, 1.82) is 5.26 Å². The van der Waals surface area contributed by atoms with E-state index in [4.69, 9.17) is 9.47 Å². The highest BCUT2D eigenvalue weighted by atomic mass is 16.5. The van der Waals surface area contributed by atoms with Gasteiger partial charge in [-0.05, 0) is 48.2 Å². The van der Waals surface area contributed by atoms with Crippen LogP contribution in [0.15, 0.2) is 42.5 Å². The molecule has 1 heterocycles. The number of nitrogens with zero attached hydrogens (tertiary/aromatic N) is 3. The van der Waals surface area contributed by atoms with Gasteiger partial charge >= 0.3 is 5.97 Å². The molecule has 0 aliphatic heterocycles. The van der Waals surface area contributed by atoms with Crippen LogP contribution in [-0.2, 0) is 9.53 Å². The SMILES string of the molecule is COC(=O)C(C#N)c1nc2ccccc2nc1Oc1cc(C)cc(C(C)C)c1. The summed E-state index contributed by atoms with van der Waals surface area (Å²) in [5, 5.41) is 9.53. The highest BCUT2D eigenvalue weighted by molar-refractivity contribution is 5.83. The Hall–Kier alpha value is -3.46. The molecule has 1 aromatic heterocycles. The number of aryl methyl sites for hydroxylation is 1. The van der Waals surface area contributed by atoms with E-state index in [2.05, 4.69) is 29.9 Å². The van der Waals surface area contributed by atoms with Gasteiger partial charge < -0.3 is 9.47 Å². The number of nitriles is 1. The van der Waals surface area contributed by atoms with Crippen molar-refractivity contribution < 1.29 is 14.3 Å². The maximum Gasteiger partial charge on any atom is 0.329 e. The van der Waals surface area contributed by atoms with Crippen LogP contribution in [0.25, 0.3) is 11.0 Å². The zero-order valence-electron chi connectivity index (χ0n) is 16.3. The van der Waals surface area contributed by atoms with Crippen molar-refractivity contribution in [3.05, 3.63) is 59.3 Å². The molecule has 6 nitrogen and oxygen atoms in total. The van der Waals surface area contributed by atoms with E-state index >= 15 is 0 Å². The summed E-state index contributed by atoms with van der Waals surface area (Å²) in [6.45, 7) is 6.18. The Labute approximate surface area is 163 Å². The largest absolute Gasteiger partial charge is 0.468 e. The number of aromatic nitrogens is 2. The fourth-order valence-corrected chi connectivity index (χ4v) is 2.88. The molecule has 0 saturated heterocycles. The summed E-state index contributed by atoms with van der Waals surface area (Å²) in [5.41, 5.74) is 3.48. The summed E-state index contributed by atoms with van der Waals surface area (Å²) >= 11 is 0. The lowest BCUT2D eigenvalue weighted by Gasteiger charge is -2.15. The second-order valence-electron chi connectivity index (χ2n) is 6.82. The highest BCUT2D eigenvalue weighted by Gasteiger charge is 2.28. The number of para-hydroxylation sites is 2. The van der Waals surface area contributed by atoms with Gasteiger partial charge in [0.2, 0.25) is 5.88 Å². The average molecular weight is 375 g/mol. The molecule has 3 aromatic rings. The first-order valence-corrected chi connectivity index (χ1v) is 8.96. The lowest BCUT2D eigenvalue weighted by atomic mass is 10.0. The molecule has 0 spiro atoms. The Morgan fingerprint density at radius 2 is 1.79 bits per heavy atom. The second-order valence-corrected chi connectivity index (χ2v) is 6.82. The van der Waals surface area contributed by atoms with Crippen molar-refractivity contribution in [1.82, 2.24) is 9.97 Å². The maximum atomic E-state index is 12.1. The fraction of sp³-hybridized carbons (Fsp3) is 0.273. The number of carbonyl (C=O) groups is 1. The molecule has 2 aromatic carbocycles. The monoisotopic (exact) mass is 375 g/mol. The van der Waals surface area contributed by atoms with Crippen molar-refractivity contribution in [2.45, 2.75) is 32.6 Å². The Balaban J connectivity index is 2.15. The third-order valence-corrected chi connectivity index (χ3v) is 4.36. The summed E-state index contributed by atoms with van der Waals surface area (Å²) in [5.74, 6) is -0.908. The summed E-state index contributed by atoms with van der Waals surface area (Å²) in [4.78, 5) is 21.1. The number of fused-ring (bicyclic) bond motifs is 1. The Morgan fingerprint density at radius 1 is 1.11 bits per heavy atom. The number of benzene rings is 2. The fourth-order valence-electron chi connectivity index (χ4n) is 2.88. The van der Waals surface area contributed by atoms with Gasteiger partial charge in [-0.3, -0.25) is 4.79 Å². The first-order valence-electron chi connectivity index (χ1n) is 8.96. The summed E-state index contributed by atoms with van der Waals surface area (Å²) in [6.07, 6.45) is 0. The predicted molar refractivity (Wildman–Crippen MR) is 105 cm³/mol. The zero-order valence-corrected chi connectivity index (χ0v) is 16.3. The molecular formula is C22H21N3O3. The van der Waals surface area contributed by atoms with Crippen LogP contribution in [0.3, 0.4) is 0 Å². The second kappa shape index (κ2) is 8.05. The Morgan fingerprint density at radius 3 is 2.39 bits per heavy atom. The van der Waals surface area contributed by atoms with Crippen LogP contribution in [-0.4, -0.2) is 23.0 Å². The molecule has 0 bridgehead atoms. The van der Waals surface area contributed by atoms with Crippen LogP contribution >= 0.6 is 0 Å². The van der Waals surface area contributed by atoms with Gasteiger partial charge in [0.25, 0.3) is 0 Å². The molecular weight excluding hydrogens is 354 g/mol. The van der Waals surface area contributed by atoms with Gasteiger partial charge in [-0.1, -0.05) is 32.0 Å². The molecule has 0 aliphatic rings. The van der Waals surface area contributed by atoms with Crippen LogP contribution in [0.4, 0.5) is 0 Å². The van der Waals surface area contributed by atoms with Crippen molar-refractivity contribution in [2.75, 3.05) is 7.11 Å². The summed E-state index contributed by atoms with van der Waals surface area (Å²) < 4.78 is 10.8. The number of esters is 1. The van der Waals surface area contributed by atoms with Crippen LogP contribution in [0, 0.1) is 18.3 Å². The van der Waals surface area contributed by atoms with Gasteiger partial charge in [-0.2, -0.15) is 5.26 Å². The number of carbonyl (C=O) groups excluding carboxylic acids is 1. The lowest BCUT2D eigenvalue weighted by Crippen LogP contribution is -2.15. The van der Waals surface area contributed by atoms with Gasteiger partial charge in [0, 0.05) is 0 Å². The normalized spacial score (nSPS) is 11.9. The van der Waals surface area contributed by atoms with Gasteiger partial charge in [0.05, 0.1) is 24.2 Å². The number of ether oxygens (including phenoxy) is 2. The molecule has 6 heteroatoms. The summed E-state index contributed by atoms with van der Waals surface area (Å²) in [7, 11) is 1.23. The van der Waals surface area contributed by atoms with E-state index in [0.29, 0.717) is 22.7 Å². The molecule has 0 N–H and O–H groups in total. The van der Waals surface area contributed by atoms with Crippen molar-refractivity contribution >= 4 is 17.0 Å². The van der Waals surface area contributed by atoms with E-state index in [1.165, 1.54) is 7.11 Å². The molecule has 0 amide bonds. The van der Waals surface area contributed by atoms with Gasteiger partial charge in [-0.15, -0.1) is 0 Å². The molecule has 28 heavy (non-hydrogen) atoms. The number of methoxy groups -OCH3 is 1. The molecule has 0 fully saturated rings. The number of rotatable bonds is 5. The molecule has 0 radical (unpaired) electrons. The maximum absolute atomic E-state index is 12.1. The third kappa shape index (κ3) is 3.94. The smallest absolute Gasteiger partial charge is 0.329 e. The van der Waals surface area contributed by atoms with Crippen molar-refractivity contribution in [3.63, 3.8) is 0 Å². The van der Waals surface area contributed by atoms with E-state index in [1.54, 1.807) is 12.1 Å². The first-order chi connectivity index (χ1) is 13.4. The number of hydrogen-bond acceptors (Lipinski definition) is 6. The molecule has 0 saturated carbocycles. The molecule has 142 valence electrons. The molecule has 0 aliphatic carbocycles. The predicted octanol–water partition coefficient (Wildman–Crippen LogP) is 4.63. The van der Waals surface area contributed by atoms with E-state index in [9.17, 15) is 10.1 Å². The average Bonchev–Trinajstić information content (AvgIpc) is 2.68. The Bertz CT molecular complexity index is 1070. The minimum Gasteiger partial charge on any atom is -0.468 e. The first kappa shape index (κ1) is 19.3. The minimum atomic E-state index is -1.23. The van der Waals surface area contributed by atoms with E-state index < -0.39 is 11.9 Å². The number of hydrogen-bond donors (Lipinski definition) is 0. The quantitative estimate of drug-likeness (QED) is 0.604. The molecule has 3 rings (SSSR count). The lowest BCUT2D eigenvalue weighted by molar-refractivity contribution is -0.141. The van der Waals surface area contributed by atoms with E-state index in [1.807, 2.05) is 37.3 Å². The third-order valence-electron chi connectivity index (χ3n) is 4.36. The van der Waals surface area contributed by atoms with Crippen LogP contribution in [0.1, 0.15) is 42.5 Å².